The molecular formula is C10H15NO3S. The van der Waals surface area contributed by atoms with Crippen molar-refractivity contribution in [3.05, 3.63) is 29.8 Å². The molecule has 84 valence electrons. The molecular weight excluding hydrogens is 214 g/mol. The number of hydrogen-bond donors (Lipinski definition) is 2. The van der Waals surface area contributed by atoms with E-state index in [1.165, 1.54) is 0 Å². The highest BCUT2D eigenvalue weighted by molar-refractivity contribution is 7.85. The van der Waals surface area contributed by atoms with Gasteiger partial charge in [0.15, 0.2) is 0 Å². The number of nitrogens with one attached hydrogen (secondary N) is 1. The van der Waals surface area contributed by atoms with Crippen LogP contribution in [0.3, 0.4) is 0 Å². The van der Waals surface area contributed by atoms with Crippen LogP contribution in [0.25, 0.3) is 0 Å². The van der Waals surface area contributed by atoms with Gasteiger partial charge in [0.25, 0.3) is 10.1 Å². The molecule has 0 saturated carbocycles. The number of rotatable bonds is 5. The van der Waals surface area contributed by atoms with E-state index in [0.29, 0.717) is 0 Å². The summed E-state index contributed by atoms with van der Waals surface area (Å²) in [6, 6.07) is 7.69. The van der Waals surface area contributed by atoms with Gasteiger partial charge in [-0.25, -0.2) is 0 Å². The average Bonchev–Trinajstić information content (AvgIpc) is 2.16. The van der Waals surface area contributed by atoms with Crippen molar-refractivity contribution in [3.8, 4) is 0 Å². The summed E-state index contributed by atoms with van der Waals surface area (Å²) in [6.45, 7) is 2.25. The van der Waals surface area contributed by atoms with E-state index in [9.17, 15) is 8.42 Å². The fourth-order valence-electron chi connectivity index (χ4n) is 1.32. The Kier molecular flexibility index (Phi) is 4.11. The second-order valence-corrected chi connectivity index (χ2v) is 4.80. The van der Waals surface area contributed by atoms with E-state index in [1.807, 2.05) is 31.2 Å². The van der Waals surface area contributed by atoms with Gasteiger partial charge in [-0.2, -0.15) is 8.42 Å². The summed E-state index contributed by atoms with van der Waals surface area (Å²) in [5.41, 5.74) is 2.05. The fraction of sp³-hybridized carbons (Fsp3) is 0.400. The molecule has 0 amide bonds. The Morgan fingerprint density at radius 1 is 1.33 bits per heavy atom. The maximum Gasteiger partial charge on any atom is 0.266 e. The maximum absolute atomic E-state index is 10.5. The van der Waals surface area contributed by atoms with E-state index in [2.05, 4.69) is 5.32 Å². The zero-order valence-corrected chi connectivity index (χ0v) is 9.42. The van der Waals surface area contributed by atoms with Gasteiger partial charge in [-0.15, -0.1) is 0 Å². The van der Waals surface area contributed by atoms with Crippen molar-refractivity contribution in [2.24, 2.45) is 0 Å². The Bertz CT molecular complexity index is 414. The first-order chi connectivity index (χ1) is 7.03. The normalized spacial score (nSPS) is 11.3. The van der Waals surface area contributed by atoms with E-state index in [0.717, 1.165) is 17.7 Å². The second-order valence-electron chi connectivity index (χ2n) is 3.22. The van der Waals surface area contributed by atoms with Gasteiger partial charge in [0.2, 0.25) is 0 Å². The zero-order valence-electron chi connectivity index (χ0n) is 8.60. The third-order valence-electron chi connectivity index (χ3n) is 2.07. The molecule has 5 heteroatoms. The summed E-state index contributed by atoms with van der Waals surface area (Å²) in [7, 11) is -3.88. The monoisotopic (exact) mass is 229 g/mol. The van der Waals surface area contributed by atoms with Crippen LogP contribution < -0.4 is 5.32 Å². The number of anilines is 1. The van der Waals surface area contributed by atoms with Gasteiger partial charge in [0.05, 0.1) is 5.75 Å². The zero-order chi connectivity index (χ0) is 11.3. The summed E-state index contributed by atoms with van der Waals surface area (Å²) >= 11 is 0. The van der Waals surface area contributed by atoms with Gasteiger partial charge >= 0.3 is 0 Å². The molecule has 0 aliphatic rings. The molecule has 0 heterocycles. The quantitative estimate of drug-likeness (QED) is 0.752. The van der Waals surface area contributed by atoms with Gasteiger partial charge in [-0.3, -0.25) is 4.55 Å². The summed E-state index contributed by atoms with van der Waals surface area (Å²) in [4.78, 5) is 0. The lowest BCUT2D eigenvalue weighted by Gasteiger charge is -2.09. The predicted molar refractivity (Wildman–Crippen MR) is 60.7 cm³/mol. The molecule has 0 aliphatic carbocycles. The van der Waals surface area contributed by atoms with Crippen LogP contribution in [0.2, 0.25) is 0 Å². The topological polar surface area (TPSA) is 66.4 Å². The highest BCUT2D eigenvalue weighted by Crippen LogP contribution is 2.14. The van der Waals surface area contributed by atoms with Crippen LogP contribution in [0.5, 0.6) is 0 Å². The molecule has 0 aromatic heterocycles. The third kappa shape index (κ3) is 4.31. The lowest BCUT2D eigenvalue weighted by molar-refractivity contribution is 0.484. The Morgan fingerprint density at radius 2 is 2.00 bits per heavy atom. The van der Waals surface area contributed by atoms with Crippen LogP contribution in [0, 0.1) is 0 Å². The van der Waals surface area contributed by atoms with E-state index >= 15 is 0 Å². The van der Waals surface area contributed by atoms with Crippen LogP contribution >= 0.6 is 0 Å². The molecule has 0 radical (unpaired) electrons. The van der Waals surface area contributed by atoms with Crippen molar-refractivity contribution in [3.63, 3.8) is 0 Å². The van der Waals surface area contributed by atoms with Gasteiger partial charge in [-0.1, -0.05) is 25.1 Å². The summed E-state index contributed by atoms with van der Waals surface area (Å²) < 4.78 is 29.5. The smallest absolute Gasteiger partial charge is 0.266 e. The largest absolute Gasteiger partial charge is 0.384 e. The molecule has 2 N–H and O–H groups in total. The molecule has 1 aromatic rings. The summed E-state index contributed by atoms with van der Waals surface area (Å²) in [5, 5.41) is 2.98. The molecule has 0 unspecified atom stereocenters. The van der Waals surface area contributed by atoms with Crippen molar-refractivity contribution >= 4 is 15.8 Å². The lowest BCUT2D eigenvalue weighted by atomic mass is 10.1. The second kappa shape index (κ2) is 5.14. The molecule has 0 bridgehead atoms. The lowest BCUT2D eigenvalue weighted by Crippen LogP contribution is -2.15. The number of para-hydroxylation sites is 1. The maximum atomic E-state index is 10.5. The average molecular weight is 229 g/mol. The van der Waals surface area contributed by atoms with Gasteiger partial charge < -0.3 is 5.32 Å². The van der Waals surface area contributed by atoms with Crippen molar-refractivity contribution < 1.29 is 13.0 Å². The highest BCUT2D eigenvalue weighted by Gasteiger charge is 2.04. The summed E-state index contributed by atoms with van der Waals surface area (Å²) in [5.74, 6) is -0.273. The van der Waals surface area contributed by atoms with Crippen molar-refractivity contribution in [1.82, 2.24) is 0 Å². The SMILES string of the molecule is CCc1ccccc1NCCS(=O)(=O)O. The minimum atomic E-state index is -3.88. The first-order valence-electron chi connectivity index (χ1n) is 4.80. The van der Waals surface area contributed by atoms with Crippen LogP contribution in [-0.4, -0.2) is 25.3 Å². The van der Waals surface area contributed by atoms with Crippen LogP contribution in [0.1, 0.15) is 12.5 Å². The molecule has 0 saturated heterocycles. The molecule has 0 spiro atoms. The van der Waals surface area contributed by atoms with Crippen molar-refractivity contribution in [2.45, 2.75) is 13.3 Å². The minimum absolute atomic E-state index is 0.218. The Morgan fingerprint density at radius 3 is 2.60 bits per heavy atom. The molecule has 0 atom stereocenters. The Hall–Kier alpha value is -1.07. The summed E-state index contributed by atoms with van der Waals surface area (Å²) in [6.07, 6.45) is 0.884. The van der Waals surface area contributed by atoms with Gasteiger partial charge in [0, 0.05) is 12.2 Å². The van der Waals surface area contributed by atoms with E-state index in [1.54, 1.807) is 0 Å². The number of benzene rings is 1. The molecule has 0 fully saturated rings. The predicted octanol–water partition coefficient (Wildman–Crippen LogP) is 1.55. The Balaban J connectivity index is 2.58. The van der Waals surface area contributed by atoms with E-state index < -0.39 is 10.1 Å². The van der Waals surface area contributed by atoms with Gasteiger partial charge in [0.1, 0.15) is 0 Å². The van der Waals surface area contributed by atoms with Gasteiger partial charge in [-0.05, 0) is 18.1 Å². The minimum Gasteiger partial charge on any atom is -0.384 e. The number of aryl methyl sites for hydroxylation is 1. The highest BCUT2D eigenvalue weighted by atomic mass is 32.2. The van der Waals surface area contributed by atoms with Crippen LogP contribution in [0.15, 0.2) is 24.3 Å². The first kappa shape index (κ1) is 12.0. The van der Waals surface area contributed by atoms with Crippen molar-refractivity contribution in [1.29, 1.82) is 0 Å². The molecule has 1 rings (SSSR count). The molecule has 1 aromatic carbocycles. The number of hydrogen-bond acceptors (Lipinski definition) is 3. The van der Waals surface area contributed by atoms with Crippen LogP contribution in [0.4, 0.5) is 5.69 Å². The third-order valence-corrected chi connectivity index (χ3v) is 2.79. The molecule has 15 heavy (non-hydrogen) atoms. The Labute approximate surface area is 90.1 Å². The standard InChI is InChI=1S/C10H15NO3S/c1-2-9-5-3-4-6-10(9)11-7-8-15(12,13)14/h3-6,11H,2,7-8H2,1H3,(H,12,13,14). The molecule has 0 aliphatic heterocycles. The van der Waals surface area contributed by atoms with Crippen LogP contribution in [-0.2, 0) is 16.5 Å². The first-order valence-corrected chi connectivity index (χ1v) is 6.41. The van der Waals surface area contributed by atoms with Crippen molar-refractivity contribution in [2.75, 3.05) is 17.6 Å². The van der Waals surface area contributed by atoms with E-state index in [4.69, 9.17) is 4.55 Å². The fourth-order valence-corrected chi connectivity index (χ4v) is 1.68. The van der Waals surface area contributed by atoms with E-state index in [-0.39, 0.29) is 12.3 Å². The molecule has 4 nitrogen and oxygen atoms in total.